The maximum Gasteiger partial charge on any atom is 0.339 e. The van der Waals surface area contributed by atoms with E-state index >= 15 is 0 Å². The third-order valence-electron chi connectivity index (χ3n) is 2.43. The summed E-state index contributed by atoms with van der Waals surface area (Å²) < 4.78 is 1.20. The first-order valence-corrected chi connectivity index (χ1v) is 6.42. The lowest BCUT2D eigenvalue weighted by Gasteiger charge is -2.07. The van der Waals surface area contributed by atoms with Gasteiger partial charge >= 0.3 is 16.8 Å². The Hall–Kier alpha value is -2.69. The Morgan fingerprint density at radius 2 is 2.10 bits per heavy atom. The van der Waals surface area contributed by atoms with Crippen molar-refractivity contribution in [3.8, 4) is 0 Å². The molecule has 0 saturated heterocycles. The number of hydrogen-bond donors (Lipinski definition) is 2. The molecule has 21 heavy (non-hydrogen) atoms. The van der Waals surface area contributed by atoms with Crippen LogP contribution in [0.4, 0.5) is 11.5 Å². The molecule has 110 valence electrons. The minimum atomic E-state index is -0.969. The minimum Gasteiger partial charge on any atom is -0.373 e. The van der Waals surface area contributed by atoms with E-state index in [-0.39, 0.29) is 15.9 Å². The summed E-state index contributed by atoms with van der Waals surface area (Å²) in [5.41, 5.74) is -2.06. The number of aryl methyl sites for hydroxylation is 1. The number of H-pyrrole nitrogens is 1. The molecule has 0 aliphatic carbocycles. The summed E-state index contributed by atoms with van der Waals surface area (Å²) in [5, 5.41) is 16.2. The molecule has 0 aliphatic heterocycles. The molecule has 0 bridgehead atoms. The summed E-state index contributed by atoms with van der Waals surface area (Å²) in [5.74, 6) is 0.428. The van der Waals surface area contributed by atoms with Gasteiger partial charge in [-0.3, -0.25) is 29.5 Å². The molecule has 0 aliphatic rings. The van der Waals surface area contributed by atoms with Gasteiger partial charge in [-0.25, -0.2) is 4.98 Å². The molecule has 0 spiro atoms. The average molecular weight is 310 g/mol. The SMILES string of the molecule is CNc1ccc([N+](=O)[O-])c(Sc2nc(=O)c(=O)[nH]n2C)n1. The maximum atomic E-state index is 11.3. The Morgan fingerprint density at radius 1 is 1.38 bits per heavy atom. The molecule has 2 heterocycles. The molecule has 0 unspecified atom stereocenters. The normalized spacial score (nSPS) is 10.4. The van der Waals surface area contributed by atoms with Gasteiger partial charge < -0.3 is 5.32 Å². The molecule has 0 radical (unpaired) electrons. The van der Waals surface area contributed by atoms with Gasteiger partial charge in [0.25, 0.3) is 0 Å². The van der Waals surface area contributed by atoms with Crippen LogP contribution < -0.4 is 16.4 Å². The van der Waals surface area contributed by atoms with Gasteiger partial charge in [0.2, 0.25) is 0 Å². The highest BCUT2D eigenvalue weighted by Crippen LogP contribution is 2.32. The molecule has 11 heteroatoms. The zero-order valence-electron chi connectivity index (χ0n) is 11.0. The van der Waals surface area contributed by atoms with Crippen LogP contribution in [0.2, 0.25) is 0 Å². The molecule has 2 N–H and O–H groups in total. The van der Waals surface area contributed by atoms with E-state index in [1.807, 2.05) is 0 Å². The summed E-state index contributed by atoms with van der Waals surface area (Å²) in [6.45, 7) is 0. The topological polar surface area (TPSA) is 136 Å². The van der Waals surface area contributed by atoms with E-state index in [2.05, 4.69) is 20.4 Å². The fraction of sp³-hybridized carbons (Fsp3) is 0.200. The van der Waals surface area contributed by atoms with Crippen LogP contribution in [-0.4, -0.2) is 31.7 Å². The first-order valence-electron chi connectivity index (χ1n) is 5.60. The van der Waals surface area contributed by atoms with Crippen molar-refractivity contribution in [3.05, 3.63) is 43.0 Å². The van der Waals surface area contributed by atoms with E-state index in [1.54, 1.807) is 7.05 Å². The number of anilines is 1. The molecule has 0 aromatic carbocycles. The molecule has 0 atom stereocenters. The summed E-state index contributed by atoms with van der Waals surface area (Å²) in [7, 11) is 3.08. The van der Waals surface area contributed by atoms with Crippen LogP contribution in [0.25, 0.3) is 0 Å². The highest BCUT2D eigenvalue weighted by atomic mass is 32.2. The van der Waals surface area contributed by atoms with Gasteiger partial charge in [0, 0.05) is 20.2 Å². The number of nitro groups is 1. The zero-order chi connectivity index (χ0) is 15.6. The minimum absolute atomic E-state index is 0.0569. The Bertz CT molecular complexity index is 814. The van der Waals surface area contributed by atoms with E-state index in [9.17, 15) is 19.7 Å². The second kappa shape index (κ2) is 5.75. The third kappa shape index (κ3) is 3.08. The van der Waals surface area contributed by atoms with Gasteiger partial charge in [0.1, 0.15) is 5.82 Å². The number of aromatic nitrogens is 4. The van der Waals surface area contributed by atoms with E-state index in [0.29, 0.717) is 5.82 Å². The van der Waals surface area contributed by atoms with Crippen LogP contribution in [0.5, 0.6) is 0 Å². The van der Waals surface area contributed by atoms with Crippen molar-refractivity contribution in [2.45, 2.75) is 10.2 Å². The van der Waals surface area contributed by atoms with Gasteiger partial charge in [-0.2, -0.15) is 4.98 Å². The molecule has 0 fully saturated rings. The zero-order valence-corrected chi connectivity index (χ0v) is 11.8. The van der Waals surface area contributed by atoms with E-state index in [0.717, 1.165) is 11.8 Å². The fourth-order valence-corrected chi connectivity index (χ4v) is 2.30. The van der Waals surface area contributed by atoms with Crippen molar-refractivity contribution in [3.63, 3.8) is 0 Å². The smallest absolute Gasteiger partial charge is 0.339 e. The lowest BCUT2D eigenvalue weighted by atomic mass is 10.4. The van der Waals surface area contributed by atoms with Crippen LogP contribution in [0.15, 0.2) is 31.9 Å². The summed E-state index contributed by atoms with van der Waals surface area (Å²) in [6.07, 6.45) is 0. The second-order valence-electron chi connectivity index (χ2n) is 3.83. The standard InChI is InChI=1S/C10H10N6O4S/c1-11-6-4-3-5(16(19)20)9(12-6)21-10-13-7(17)8(18)14-15(10)2/h3-4H,1-2H3,(H,11,12)(H,14,18). The monoisotopic (exact) mass is 310 g/mol. The van der Waals surface area contributed by atoms with E-state index in [1.165, 1.54) is 23.9 Å². The number of rotatable bonds is 4. The highest BCUT2D eigenvalue weighted by Gasteiger charge is 2.19. The maximum absolute atomic E-state index is 11.3. The van der Waals surface area contributed by atoms with Gasteiger partial charge in [-0.15, -0.1) is 0 Å². The molecule has 0 saturated carbocycles. The first kappa shape index (κ1) is 14.7. The van der Waals surface area contributed by atoms with Crippen molar-refractivity contribution in [2.75, 3.05) is 12.4 Å². The fourth-order valence-electron chi connectivity index (χ4n) is 1.42. The van der Waals surface area contributed by atoms with Gasteiger partial charge in [0.05, 0.1) is 4.92 Å². The quantitative estimate of drug-likeness (QED) is 0.456. The first-order chi connectivity index (χ1) is 9.92. The molecule has 2 aromatic heterocycles. The van der Waals surface area contributed by atoms with Crippen LogP contribution >= 0.6 is 11.8 Å². The highest BCUT2D eigenvalue weighted by molar-refractivity contribution is 7.99. The summed E-state index contributed by atoms with van der Waals surface area (Å²) in [4.78, 5) is 40.5. The summed E-state index contributed by atoms with van der Waals surface area (Å²) in [6, 6.07) is 2.76. The number of nitrogens with zero attached hydrogens (tertiary/aromatic N) is 4. The van der Waals surface area contributed by atoms with E-state index < -0.39 is 16.0 Å². The van der Waals surface area contributed by atoms with Gasteiger partial charge in [-0.1, -0.05) is 0 Å². The number of nitrogens with one attached hydrogen (secondary N) is 2. The predicted octanol–water partition coefficient (Wildman–Crippen LogP) is -0.0353. The molecule has 0 amide bonds. The van der Waals surface area contributed by atoms with Crippen molar-refractivity contribution in [1.82, 2.24) is 19.7 Å². The Balaban J connectivity index is 2.52. The lowest BCUT2D eigenvalue weighted by molar-refractivity contribution is -0.388. The Labute approximate surface area is 121 Å². The lowest BCUT2D eigenvalue weighted by Crippen LogP contribution is -2.33. The van der Waals surface area contributed by atoms with Crippen LogP contribution in [0.3, 0.4) is 0 Å². The average Bonchev–Trinajstić information content (AvgIpc) is 2.44. The van der Waals surface area contributed by atoms with Crippen molar-refractivity contribution in [1.29, 1.82) is 0 Å². The predicted molar refractivity (Wildman–Crippen MR) is 74.7 cm³/mol. The molecule has 2 rings (SSSR count). The van der Waals surface area contributed by atoms with Crippen LogP contribution in [0.1, 0.15) is 0 Å². The van der Waals surface area contributed by atoms with Crippen molar-refractivity contribution in [2.24, 2.45) is 7.05 Å². The van der Waals surface area contributed by atoms with Crippen molar-refractivity contribution >= 4 is 23.3 Å². The van der Waals surface area contributed by atoms with Crippen LogP contribution in [0, 0.1) is 10.1 Å². The van der Waals surface area contributed by atoms with Crippen molar-refractivity contribution < 1.29 is 4.92 Å². The summed E-state index contributed by atoms with van der Waals surface area (Å²) >= 11 is 0.811. The largest absolute Gasteiger partial charge is 0.373 e. The number of aromatic amines is 1. The molecule has 10 nitrogen and oxygen atoms in total. The van der Waals surface area contributed by atoms with E-state index in [4.69, 9.17) is 0 Å². The molecule has 2 aromatic rings. The number of hydrogen-bond acceptors (Lipinski definition) is 8. The molecular weight excluding hydrogens is 300 g/mol. The number of pyridine rings is 1. The van der Waals surface area contributed by atoms with Gasteiger partial charge in [-0.05, 0) is 17.8 Å². The third-order valence-corrected chi connectivity index (χ3v) is 3.47. The Morgan fingerprint density at radius 3 is 2.71 bits per heavy atom. The molecular formula is C10H10N6O4S. The Kier molecular flexibility index (Phi) is 4.03. The second-order valence-corrected chi connectivity index (χ2v) is 4.79. The van der Waals surface area contributed by atoms with Crippen LogP contribution in [-0.2, 0) is 7.05 Å². The van der Waals surface area contributed by atoms with Gasteiger partial charge in [0.15, 0.2) is 10.2 Å².